The summed E-state index contributed by atoms with van der Waals surface area (Å²) in [5.74, 6) is 0.318. The van der Waals surface area contributed by atoms with Crippen LogP contribution in [0.1, 0.15) is 50.8 Å². The van der Waals surface area contributed by atoms with Crippen molar-refractivity contribution in [2.75, 3.05) is 20.1 Å². The summed E-state index contributed by atoms with van der Waals surface area (Å²) in [4.78, 5) is 2.27. The van der Waals surface area contributed by atoms with Crippen molar-refractivity contribution >= 4 is 27.5 Å². The summed E-state index contributed by atoms with van der Waals surface area (Å²) in [6.07, 6.45) is -0.495. The summed E-state index contributed by atoms with van der Waals surface area (Å²) in [7, 11) is 2.10. The smallest absolute Gasteiger partial charge is 0.407 e. The molecule has 3 aromatic rings. The van der Waals surface area contributed by atoms with E-state index in [0.29, 0.717) is 23.5 Å². The van der Waals surface area contributed by atoms with Crippen LogP contribution in [0.15, 0.2) is 46.9 Å². The van der Waals surface area contributed by atoms with Gasteiger partial charge in [-0.3, -0.25) is 5.32 Å². The number of nitrogens with one attached hydrogen (secondary N) is 1. The number of halogens is 3. The van der Waals surface area contributed by atoms with E-state index in [9.17, 15) is 13.2 Å². The van der Waals surface area contributed by atoms with Crippen LogP contribution in [0.2, 0.25) is 0 Å². The van der Waals surface area contributed by atoms with E-state index in [1.807, 2.05) is 26.0 Å². The molecule has 1 N–H and O–H groups in total. The third kappa shape index (κ3) is 4.86. The lowest BCUT2D eigenvalue weighted by Crippen LogP contribution is -2.39. The highest BCUT2D eigenvalue weighted by Crippen LogP contribution is 2.38. The van der Waals surface area contributed by atoms with E-state index in [1.165, 1.54) is 11.6 Å². The Bertz CT molecular complexity index is 1130. The van der Waals surface area contributed by atoms with Crippen molar-refractivity contribution < 1.29 is 17.6 Å². The lowest BCUT2D eigenvalue weighted by molar-refractivity contribution is -0.159. The normalized spacial score (nSPS) is 17.8. The van der Waals surface area contributed by atoms with Crippen molar-refractivity contribution in [3.63, 3.8) is 0 Å². The molecule has 6 heteroatoms. The second kappa shape index (κ2) is 8.91. The second-order valence-corrected chi connectivity index (χ2v) is 9.48. The molecule has 2 atom stereocenters. The van der Waals surface area contributed by atoms with E-state index in [2.05, 4.69) is 29.4 Å². The largest absolute Gasteiger partial charge is 0.456 e. The van der Waals surface area contributed by atoms with Gasteiger partial charge >= 0.3 is 6.18 Å². The van der Waals surface area contributed by atoms with Gasteiger partial charge in [0.15, 0.2) is 0 Å². The first-order valence-electron chi connectivity index (χ1n) is 11.3. The Morgan fingerprint density at radius 3 is 2.47 bits per heavy atom. The van der Waals surface area contributed by atoms with E-state index in [0.717, 1.165) is 35.8 Å². The van der Waals surface area contributed by atoms with Crippen molar-refractivity contribution in [1.82, 2.24) is 10.2 Å². The van der Waals surface area contributed by atoms with Gasteiger partial charge in [0.2, 0.25) is 0 Å². The van der Waals surface area contributed by atoms with Crippen LogP contribution >= 0.6 is 0 Å². The van der Waals surface area contributed by atoms with Crippen LogP contribution in [0.3, 0.4) is 0 Å². The maximum Gasteiger partial charge on any atom is 0.407 e. The van der Waals surface area contributed by atoms with E-state index in [-0.39, 0.29) is 11.6 Å². The van der Waals surface area contributed by atoms with Crippen LogP contribution in [0.25, 0.3) is 27.5 Å². The minimum Gasteiger partial charge on any atom is -0.456 e. The van der Waals surface area contributed by atoms with Crippen LogP contribution in [0.5, 0.6) is 0 Å². The molecule has 3 nitrogen and oxygen atoms in total. The Kier molecular flexibility index (Phi) is 6.37. The summed E-state index contributed by atoms with van der Waals surface area (Å²) in [5.41, 5.74) is 3.81. The maximum absolute atomic E-state index is 13.9. The number of fused-ring (bicyclic) bond motifs is 3. The van der Waals surface area contributed by atoms with E-state index in [4.69, 9.17) is 4.42 Å². The molecule has 4 rings (SSSR count). The quantitative estimate of drug-likeness (QED) is 0.447. The number of hydrogen-bond donors (Lipinski definition) is 1. The Labute approximate surface area is 187 Å². The molecule has 0 saturated heterocycles. The van der Waals surface area contributed by atoms with Gasteiger partial charge in [0.25, 0.3) is 0 Å². The number of benzene rings is 2. The first-order chi connectivity index (χ1) is 15.1. The van der Waals surface area contributed by atoms with Crippen LogP contribution in [-0.4, -0.2) is 37.3 Å². The van der Waals surface area contributed by atoms with Gasteiger partial charge in [0.1, 0.15) is 17.2 Å². The first kappa shape index (κ1) is 22.9. The number of hydrogen-bond acceptors (Lipinski definition) is 3. The summed E-state index contributed by atoms with van der Waals surface area (Å²) in [6, 6.07) is 8.96. The molecule has 0 saturated carbocycles. The van der Waals surface area contributed by atoms with Gasteiger partial charge in [-0.2, -0.15) is 13.2 Å². The van der Waals surface area contributed by atoms with E-state index < -0.39 is 12.2 Å². The van der Waals surface area contributed by atoms with E-state index in [1.54, 1.807) is 19.1 Å². The summed E-state index contributed by atoms with van der Waals surface area (Å²) < 4.78 is 47.6. The van der Waals surface area contributed by atoms with Crippen molar-refractivity contribution in [3.8, 4) is 0 Å². The average Bonchev–Trinajstić information content (AvgIpc) is 3.08. The minimum atomic E-state index is -4.39. The minimum absolute atomic E-state index is 0.179. The predicted molar refractivity (Wildman–Crippen MR) is 125 cm³/mol. The number of rotatable bonds is 6. The third-order valence-corrected chi connectivity index (χ3v) is 6.22. The molecule has 0 fully saturated rings. The summed E-state index contributed by atoms with van der Waals surface area (Å²) in [6.45, 7) is 7.76. The molecule has 0 spiro atoms. The zero-order valence-electron chi connectivity index (χ0n) is 19.1. The zero-order valence-corrected chi connectivity index (χ0v) is 19.1. The molecule has 0 amide bonds. The van der Waals surface area contributed by atoms with Crippen molar-refractivity contribution in [2.24, 2.45) is 5.92 Å². The van der Waals surface area contributed by atoms with Crippen LogP contribution in [0, 0.1) is 5.92 Å². The topological polar surface area (TPSA) is 28.4 Å². The van der Waals surface area contributed by atoms with Gasteiger partial charge in [0.05, 0.1) is 0 Å². The van der Waals surface area contributed by atoms with Gasteiger partial charge in [-0.15, -0.1) is 0 Å². The molecular formula is C26H31F3N2O. The molecule has 0 aliphatic carbocycles. The van der Waals surface area contributed by atoms with Crippen molar-refractivity contribution in [1.29, 1.82) is 0 Å². The Morgan fingerprint density at radius 2 is 1.81 bits per heavy atom. The van der Waals surface area contributed by atoms with Crippen molar-refractivity contribution in [3.05, 3.63) is 53.6 Å². The molecule has 2 unspecified atom stereocenters. The predicted octanol–water partition coefficient (Wildman–Crippen LogP) is 6.93. The third-order valence-electron chi connectivity index (χ3n) is 6.22. The molecule has 32 heavy (non-hydrogen) atoms. The standard InChI is InChI=1S/C26H31F3N2O/c1-16(2)13-17(3)30-25(26(27,28)29)20-5-7-21-22-14-19(18-9-11-31(4)12-10-18)6-8-23(22)32-24(21)15-20/h5-9,14-17,25,30H,10-13H2,1-4H3. The summed E-state index contributed by atoms with van der Waals surface area (Å²) >= 11 is 0. The van der Waals surface area contributed by atoms with Gasteiger partial charge in [-0.25, -0.2) is 0 Å². The fourth-order valence-electron chi connectivity index (χ4n) is 4.65. The molecular weight excluding hydrogens is 413 g/mol. The van der Waals surface area contributed by atoms with Gasteiger partial charge in [-0.1, -0.05) is 38.1 Å². The highest BCUT2D eigenvalue weighted by molar-refractivity contribution is 6.06. The zero-order chi connectivity index (χ0) is 23.0. The molecule has 0 bridgehead atoms. The molecule has 2 heterocycles. The maximum atomic E-state index is 13.9. The molecule has 1 aromatic heterocycles. The fourth-order valence-corrected chi connectivity index (χ4v) is 4.65. The van der Waals surface area contributed by atoms with Gasteiger partial charge in [-0.05, 0) is 67.6 Å². The first-order valence-corrected chi connectivity index (χ1v) is 11.3. The molecule has 2 aromatic carbocycles. The molecule has 172 valence electrons. The fraction of sp³-hybridized carbons (Fsp3) is 0.462. The SMILES string of the molecule is CC(C)CC(C)NC(c1ccc2c(c1)oc1ccc(C3=CCN(C)CC3)cc12)C(F)(F)F. The van der Waals surface area contributed by atoms with Crippen molar-refractivity contribution in [2.45, 2.75) is 51.9 Å². The second-order valence-electron chi connectivity index (χ2n) is 9.48. The van der Waals surface area contributed by atoms with Crippen LogP contribution < -0.4 is 5.32 Å². The average molecular weight is 445 g/mol. The highest BCUT2D eigenvalue weighted by Gasteiger charge is 2.41. The Balaban J connectivity index is 1.69. The van der Waals surface area contributed by atoms with Gasteiger partial charge < -0.3 is 9.32 Å². The summed E-state index contributed by atoms with van der Waals surface area (Å²) in [5, 5.41) is 4.56. The monoisotopic (exact) mass is 444 g/mol. The Morgan fingerprint density at radius 1 is 1.03 bits per heavy atom. The lowest BCUT2D eigenvalue weighted by Gasteiger charge is -2.26. The highest BCUT2D eigenvalue weighted by atomic mass is 19.4. The molecule has 0 radical (unpaired) electrons. The molecule has 1 aliphatic heterocycles. The number of nitrogens with zero attached hydrogens (tertiary/aromatic N) is 1. The van der Waals surface area contributed by atoms with E-state index >= 15 is 0 Å². The van der Waals surface area contributed by atoms with Gasteiger partial charge in [0, 0.05) is 29.9 Å². The number of furan rings is 1. The number of likely N-dealkylation sites (N-methyl/N-ethyl adjacent to an activating group) is 1. The lowest BCUT2D eigenvalue weighted by atomic mass is 9.97. The molecule has 1 aliphatic rings. The van der Waals surface area contributed by atoms with Crippen LogP contribution in [-0.2, 0) is 0 Å². The Hall–Kier alpha value is -2.31. The van der Waals surface area contributed by atoms with Crippen LogP contribution in [0.4, 0.5) is 13.2 Å². The number of alkyl halides is 3.